The maximum absolute atomic E-state index is 12.3. The van der Waals surface area contributed by atoms with Crippen molar-refractivity contribution >= 4 is 5.91 Å². The molecule has 0 aromatic rings. The van der Waals surface area contributed by atoms with E-state index >= 15 is 0 Å². The van der Waals surface area contributed by atoms with Gasteiger partial charge in [-0.15, -0.1) is 0 Å². The van der Waals surface area contributed by atoms with Crippen LogP contribution in [0.3, 0.4) is 0 Å². The van der Waals surface area contributed by atoms with Gasteiger partial charge in [0.25, 0.3) is 0 Å². The zero-order chi connectivity index (χ0) is 13.0. The van der Waals surface area contributed by atoms with E-state index in [0.29, 0.717) is 11.9 Å². The fourth-order valence-electron chi connectivity index (χ4n) is 3.15. The van der Waals surface area contributed by atoms with E-state index in [-0.39, 0.29) is 5.92 Å². The monoisotopic (exact) mass is 253 g/mol. The Hall–Kier alpha value is -0.610. The second-order valence-corrected chi connectivity index (χ2v) is 5.52. The molecule has 0 radical (unpaired) electrons. The third-order valence-corrected chi connectivity index (χ3v) is 4.51. The molecule has 4 heteroatoms. The molecule has 0 saturated carbocycles. The van der Waals surface area contributed by atoms with Crippen molar-refractivity contribution in [3.8, 4) is 0 Å². The highest BCUT2D eigenvalue weighted by molar-refractivity contribution is 5.78. The summed E-state index contributed by atoms with van der Waals surface area (Å²) in [6.07, 6.45) is 3.21. The summed E-state index contributed by atoms with van der Waals surface area (Å²) in [7, 11) is 0. The van der Waals surface area contributed by atoms with Crippen molar-refractivity contribution in [2.75, 3.05) is 39.3 Å². The molecule has 2 fully saturated rings. The maximum atomic E-state index is 12.3. The molecule has 0 spiro atoms. The van der Waals surface area contributed by atoms with Crippen LogP contribution in [0.15, 0.2) is 0 Å². The third kappa shape index (κ3) is 3.04. The van der Waals surface area contributed by atoms with Crippen molar-refractivity contribution in [2.45, 2.75) is 39.2 Å². The van der Waals surface area contributed by atoms with E-state index in [2.05, 4.69) is 29.0 Å². The first kappa shape index (κ1) is 13.8. The van der Waals surface area contributed by atoms with Gasteiger partial charge in [-0.3, -0.25) is 9.69 Å². The quantitative estimate of drug-likeness (QED) is 0.809. The largest absolute Gasteiger partial charge is 0.340 e. The van der Waals surface area contributed by atoms with Gasteiger partial charge in [0.1, 0.15) is 0 Å². The Balaban J connectivity index is 1.80. The smallest absolute Gasteiger partial charge is 0.225 e. The lowest BCUT2D eigenvalue weighted by molar-refractivity contribution is -0.137. The molecule has 104 valence electrons. The minimum absolute atomic E-state index is 0.240. The molecule has 0 aromatic carbocycles. The van der Waals surface area contributed by atoms with E-state index < -0.39 is 0 Å². The summed E-state index contributed by atoms with van der Waals surface area (Å²) in [6.45, 7) is 10.5. The van der Waals surface area contributed by atoms with Crippen LogP contribution < -0.4 is 5.32 Å². The molecular formula is C14H27N3O. The van der Waals surface area contributed by atoms with Crippen LogP contribution in [0.4, 0.5) is 0 Å². The highest BCUT2D eigenvalue weighted by Crippen LogP contribution is 2.16. The molecule has 2 aliphatic heterocycles. The van der Waals surface area contributed by atoms with Crippen molar-refractivity contribution in [1.82, 2.24) is 15.1 Å². The molecule has 18 heavy (non-hydrogen) atoms. The number of rotatable bonds is 4. The zero-order valence-electron chi connectivity index (χ0n) is 11.8. The van der Waals surface area contributed by atoms with Gasteiger partial charge in [0, 0.05) is 44.7 Å². The number of carbonyl (C=O) groups is 1. The highest BCUT2D eigenvalue weighted by Gasteiger charge is 2.29. The summed E-state index contributed by atoms with van der Waals surface area (Å²) in [5, 5.41) is 3.42. The van der Waals surface area contributed by atoms with E-state index in [9.17, 15) is 4.79 Å². The van der Waals surface area contributed by atoms with Gasteiger partial charge >= 0.3 is 0 Å². The zero-order valence-corrected chi connectivity index (χ0v) is 11.8. The third-order valence-electron chi connectivity index (χ3n) is 4.51. The minimum Gasteiger partial charge on any atom is -0.340 e. The van der Waals surface area contributed by atoms with Gasteiger partial charge in [0.2, 0.25) is 5.91 Å². The van der Waals surface area contributed by atoms with Crippen LogP contribution in [0, 0.1) is 5.92 Å². The lowest BCUT2D eigenvalue weighted by Gasteiger charge is -2.38. The molecule has 0 aliphatic carbocycles. The van der Waals surface area contributed by atoms with E-state index in [1.807, 2.05) is 0 Å². The van der Waals surface area contributed by atoms with Gasteiger partial charge in [-0.05, 0) is 25.8 Å². The van der Waals surface area contributed by atoms with Gasteiger partial charge in [0.15, 0.2) is 0 Å². The fraction of sp³-hybridized carbons (Fsp3) is 0.929. The van der Waals surface area contributed by atoms with E-state index in [1.165, 1.54) is 6.42 Å². The maximum Gasteiger partial charge on any atom is 0.225 e. The first-order chi connectivity index (χ1) is 8.76. The summed E-state index contributed by atoms with van der Waals surface area (Å²) < 4.78 is 0. The summed E-state index contributed by atoms with van der Waals surface area (Å²) >= 11 is 0. The Morgan fingerprint density at radius 3 is 2.39 bits per heavy atom. The fourth-order valence-corrected chi connectivity index (χ4v) is 3.15. The molecular weight excluding hydrogens is 226 g/mol. The second kappa shape index (κ2) is 6.53. The van der Waals surface area contributed by atoms with Crippen LogP contribution in [-0.4, -0.2) is 61.0 Å². The van der Waals surface area contributed by atoms with Crippen molar-refractivity contribution in [3.63, 3.8) is 0 Å². The van der Waals surface area contributed by atoms with E-state index in [0.717, 1.165) is 52.1 Å². The number of nitrogens with one attached hydrogen (secondary N) is 1. The summed E-state index contributed by atoms with van der Waals surface area (Å²) in [5.41, 5.74) is 0. The molecule has 1 unspecified atom stereocenters. The lowest BCUT2D eigenvalue weighted by Crippen LogP contribution is -2.53. The number of carbonyl (C=O) groups excluding carboxylic acids is 1. The molecule has 1 N–H and O–H groups in total. The second-order valence-electron chi connectivity index (χ2n) is 5.52. The number of amides is 1. The average molecular weight is 253 g/mol. The number of nitrogens with zero attached hydrogens (tertiary/aromatic N) is 2. The Morgan fingerprint density at radius 1 is 1.22 bits per heavy atom. The molecule has 1 amide bonds. The van der Waals surface area contributed by atoms with Crippen molar-refractivity contribution < 1.29 is 4.79 Å². The number of piperazine rings is 1. The predicted octanol–water partition coefficient (Wildman–Crippen LogP) is 0.929. The molecule has 1 atom stereocenters. The van der Waals surface area contributed by atoms with Gasteiger partial charge in [-0.1, -0.05) is 13.8 Å². The average Bonchev–Trinajstić information content (AvgIpc) is 2.94. The van der Waals surface area contributed by atoms with Crippen LogP contribution >= 0.6 is 0 Å². The van der Waals surface area contributed by atoms with Crippen molar-refractivity contribution in [3.05, 3.63) is 0 Å². The normalized spacial score (nSPS) is 25.9. The summed E-state index contributed by atoms with van der Waals surface area (Å²) in [6, 6.07) is 0.704. The lowest BCUT2D eigenvalue weighted by atomic mass is 10.0. The van der Waals surface area contributed by atoms with Crippen LogP contribution in [0.1, 0.15) is 33.1 Å². The molecule has 4 nitrogen and oxygen atoms in total. The summed E-state index contributed by atoms with van der Waals surface area (Å²) in [5.74, 6) is 0.619. The number of hydrogen-bond donors (Lipinski definition) is 1. The molecule has 2 rings (SSSR count). The predicted molar refractivity (Wildman–Crippen MR) is 73.5 cm³/mol. The van der Waals surface area contributed by atoms with Gasteiger partial charge in [-0.25, -0.2) is 0 Å². The SMILES string of the molecule is CCC(CC)C(=O)N1CCN(C2CCNC2)CC1. The topological polar surface area (TPSA) is 35.6 Å². The minimum atomic E-state index is 0.240. The first-order valence-electron chi connectivity index (χ1n) is 7.49. The van der Waals surface area contributed by atoms with Crippen molar-refractivity contribution in [2.24, 2.45) is 5.92 Å². The van der Waals surface area contributed by atoms with Crippen LogP contribution in [0.25, 0.3) is 0 Å². The standard InChI is InChI=1S/C14H27N3O/c1-3-12(4-2)14(18)17-9-7-16(8-10-17)13-5-6-15-11-13/h12-13,15H,3-11H2,1-2H3. The molecule has 2 saturated heterocycles. The molecule has 2 aliphatic rings. The molecule has 0 bridgehead atoms. The first-order valence-corrected chi connectivity index (χ1v) is 7.49. The molecule has 2 heterocycles. The Kier molecular flexibility index (Phi) is 5.01. The van der Waals surface area contributed by atoms with Gasteiger partial charge < -0.3 is 10.2 Å². The summed E-state index contributed by atoms with van der Waals surface area (Å²) in [4.78, 5) is 16.9. The van der Waals surface area contributed by atoms with Crippen LogP contribution in [-0.2, 0) is 4.79 Å². The van der Waals surface area contributed by atoms with E-state index in [1.54, 1.807) is 0 Å². The highest BCUT2D eigenvalue weighted by atomic mass is 16.2. The molecule has 0 aromatic heterocycles. The van der Waals surface area contributed by atoms with Gasteiger partial charge in [-0.2, -0.15) is 0 Å². The van der Waals surface area contributed by atoms with Crippen LogP contribution in [0.2, 0.25) is 0 Å². The van der Waals surface area contributed by atoms with E-state index in [4.69, 9.17) is 0 Å². The van der Waals surface area contributed by atoms with Crippen LogP contribution in [0.5, 0.6) is 0 Å². The Morgan fingerprint density at radius 2 is 1.89 bits per heavy atom. The van der Waals surface area contributed by atoms with Gasteiger partial charge in [0.05, 0.1) is 0 Å². The Labute approximate surface area is 111 Å². The number of hydrogen-bond acceptors (Lipinski definition) is 3. The van der Waals surface area contributed by atoms with Crippen molar-refractivity contribution in [1.29, 1.82) is 0 Å². The Bertz CT molecular complexity index is 264.